The van der Waals surface area contributed by atoms with Crippen molar-refractivity contribution in [2.75, 3.05) is 26.4 Å². The van der Waals surface area contributed by atoms with E-state index in [0.29, 0.717) is 6.20 Å². The molecule has 282 valence electrons. The number of pyridine rings is 2. The monoisotopic (exact) mass is 768 g/mol. The molecule has 48 heavy (non-hydrogen) atoms. The molecule has 11 nitrogen and oxygen atoms in total. The minimum atomic E-state index is -4.51. The first kappa shape index (κ1) is 61.5. The molecule has 6 N–H and O–H groups in total. The number of carbonyl (C=O) groups excluding carboxylic acids is 1. The molecular formula is C31H59F3N4O7S2Ti. The molecule has 2 atom stereocenters. The van der Waals surface area contributed by atoms with Crippen LogP contribution in [0.3, 0.4) is 0 Å². The predicted octanol–water partition coefficient (Wildman–Crippen LogP) is 5.22. The fourth-order valence-electron chi connectivity index (χ4n) is 1.64. The van der Waals surface area contributed by atoms with E-state index in [4.69, 9.17) is 25.6 Å². The number of alkyl halides is 3. The average Bonchev–Trinajstić information content (AvgIpc) is 2.93. The average molecular weight is 769 g/mol. The first-order valence-electron chi connectivity index (χ1n) is 14.0. The van der Waals surface area contributed by atoms with Gasteiger partial charge in [-0.15, -0.1) is 0 Å². The Balaban J connectivity index is -0.0000000912. The number of aliphatic hydroxyl groups is 4. The summed E-state index contributed by atoms with van der Waals surface area (Å²) in [6.07, 6.45) is 2.53. The minimum absolute atomic E-state index is 0. The zero-order valence-corrected chi connectivity index (χ0v) is 32.5. The standard InChI is InChI=1S/C11H16N2OS.C7H4F3NO.C4H11NOS.4C2H6O.CH4.Ti/c1-9-7-12-6-5-10(9)8-13-15(14)11(2,3)4;8-7(9,10)6-3-11-2-1-5(6)4-12;1-4(2,3)7(5)6;4*1-2-3;;/h5-8H,1-4H3;1-4H;5H2,1-3H3;4*3H,2H2,1H3;1H4;/t15-;;7-;;;;;;/m0.0....../s1. The number of nitrogens with two attached hydrogens (primary N) is 1. The molecule has 0 aliphatic heterocycles. The first-order valence-corrected chi connectivity index (χ1v) is 16.3. The molecule has 0 aliphatic rings. The number of carbonyl (C=O) groups is 1. The summed E-state index contributed by atoms with van der Waals surface area (Å²) in [6.45, 7) is 20.9. The van der Waals surface area contributed by atoms with E-state index in [1.165, 1.54) is 0 Å². The normalized spacial score (nSPS) is 11.2. The van der Waals surface area contributed by atoms with Crippen molar-refractivity contribution in [3.05, 3.63) is 59.2 Å². The van der Waals surface area contributed by atoms with E-state index >= 15 is 0 Å². The molecule has 0 amide bonds. The van der Waals surface area contributed by atoms with Crippen molar-refractivity contribution in [3.8, 4) is 0 Å². The summed E-state index contributed by atoms with van der Waals surface area (Å²) in [5.41, 5.74) is 0.604. The number of hydrogen-bond acceptors (Lipinski definition) is 9. The first-order chi connectivity index (χ1) is 21.1. The van der Waals surface area contributed by atoms with Gasteiger partial charge in [-0.25, -0.2) is 8.42 Å². The van der Waals surface area contributed by atoms with Crippen LogP contribution in [-0.4, -0.2) is 87.2 Å². The van der Waals surface area contributed by atoms with Crippen LogP contribution in [0, 0.1) is 6.92 Å². The summed E-state index contributed by atoms with van der Waals surface area (Å²) in [5, 5.41) is 35.3. The van der Waals surface area contributed by atoms with E-state index in [-0.39, 0.29) is 71.4 Å². The van der Waals surface area contributed by atoms with Crippen LogP contribution in [0.4, 0.5) is 13.2 Å². The number of aromatic nitrogens is 2. The van der Waals surface area contributed by atoms with Gasteiger partial charge in [-0.1, -0.05) is 7.43 Å². The summed E-state index contributed by atoms with van der Waals surface area (Å²) < 4.78 is 61.6. The maximum Gasteiger partial charge on any atom is 0.418 e. The van der Waals surface area contributed by atoms with Crippen molar-refractivity contribution < 1.29 is 68.5 Å². The zero-order valence-electron chi connectivity index (χ0n) is 29.3. The van der Waals surface area contributed by atoms with E-state index < -0.39 is 39.3 Å². The number of nitrogens with zero attached hydrogens (tertiary/aromatic N) is 3. The van der Waals surface area contributed by atoms with Gasteiger partial charge < -0.3 is 20.4 Å². The van der Waals surface area contributed by atoms with Gasteiger partial charge in [0.2, 0.25) is 0 Å². The third-order valence-corrected chi connectivity index (χ3v) is 6.32. The van der Waals surface area contributed by atoms with Crippen LogP contribution in [0.15, 0.2) is 41.3 Å². The maximum absolute atomic E-state index is 12.0. The van der Waals surface area contributed by atoms with E-state index in [9.17, 15) is 26.4 Å². The van der Waals surface area contributed by atoms with Crippen molar-refractivity contribution in [1.29, 1.82) is 0 Å². The second-order valence-electron chi connectivity index (χ2n) is 10.1. The molecule has 2 rings (SSSR count). The van der Waals surface area contributed by atoms with Gasteiger partial charge in [0, 0.05) is 84.7 Å². The van der Waals surface area contributed by atoms with Crippen LogP contribution in [0.25, 0.3) is 0 Å². The summed E-state index contributed by atoms with van der Waals surface area (Å²) in [7, 11) is -2.38. The fraction of sp³-hybridized carbons (Fsp3) is 0.613. The SMILES string of the molecule is C.CC(C)(C)[S@@](N)=O.CCO.CCO.CCO.CCO.Cc1cnccc1C=N[S@@](=O)C(C)(C)C.O=Cc1ccncc1C(F)(F)F.[Ti]. The third-order valence-electron chi connectivity index (χ3n) is 3.77. The molecule has 0 unspecified atom stereocenters. The smallest absolute Gasteiger partial charge is 0.397 e. The summed E-state index contributed by atoms with van der Waals surface area (Å²) in [6, 6.07) is 2.88. The van der Waals surface area contributed by atoms with Gasteiger partial charge in [0.25, 0.3) is 0 Å². The van der Waals surface area contributed by atoms with Crippen molar-refractivity contribution >= 4 is 34.5 Å². The molecule has 2 aromatic heterocycles. The third kappa shape index (κ3) is 40.4. The molecule has 2 heterocycles. The molecule has 0 bridgehead atoms. The van der Waals surface area contributed by atoms with Crippen molar-refractivity contribution in [1.82, 2.24) is 9.97 Å². The number of aryl methyl sites for hydroxylation is 1. The molecule has 0 radical (unpaired) electrons. The van der Waals surface area contributed by atoms with Gasteiger partial charge in [-0.05, 0) is 99.4 Å². The second-order valence-corrected chi connectivity index (χ2v) is 13.8. The van der Waals surface area contributed by atoms with Crippen LogP contribution >= 0.6 is 0 Å². The summed E-state index contributed by atoms with van der Waals surface area (Å²) in [5.74, 6) is 0. The number of hydrogen-bond donors (Lipinski definition) is 5. The number of halogens is 3. The Kier molecular flexibility index (Phi) is 46.8. The van der Waals surface area contributed by atoms with E-state index in [1.807, 2.05) is 54.5 Å². The molecule has 0 fully saturated rings. The largest absolute Gasteiger partial charge is 0.418 e. The van der Waals surface area contributed by atoms with Crippen LogP contribution in [0.1, 0.15) is 104 Å². The van der Waals surface area contributed by atoms with Gasteiger partial charge in [0.05, 0.1) is 26.0 Å². The molecule has 0 saturated carbocycles. The Morgan fingerprint density at radius 2 is 1.12 bits per heavy atom. The van der Waals surface area contributed by atoms with Gasteiger partial charge in [-0.3, -0.25) is 19.9 Å². The Morgan fingerprint density at radius 3 is 1.38 bits per heavy atom. The van der Waals surface area contributed by atoms with Crippen molar-refractivity contribution in [2.45, 2.75) is 99.3 Å². The zero-order chi connectivity index (χ0) is 37.6. The van der Waals surface area contributed by atoms with Crippen molar-refractivity contribution in [2.24, 2.45) is 9.54 Å². The summed E-state index contributed by atoms with van der Waals surface area (Å²) >= 11 is 0. The molecule has 0 aliphatic carbocycles. The van der Waals surface area contributed by atoms with Crippen LogP contribution < -0.4 is 5.14 Å². The Bertz CT molecular complexity index is 1090. The molecule has 2 aromatic rings. The topological polar surface area (TPSA) is 196 Å². The second kappa shape index (κ2) is 36.5. The van der Waals surface area contributed by atoms with Gasteiger partial charge in [-0.2, -0.15) is 17.6 Å². The van der Waals surface area contributed by atoms with Crippen LogP contribution in [0.5, 0.6) is 0 Å². The predicted molar refractivity (Wildman–Crippen MR) is 189 cm³/mol. The maximum atomic E-state index is 12.0. The molecule has 17 heteroatoms. The Hall–Kier alpha value is -1.76. The summed E-state index contributed by atoms with van der Waals surface area (Å²) in [4.78, 5) is 17.4. The van der Waals surface area contributed by atoms with E-state index in [0.717, 1.165) is 23.4 Å². The van der Waals surface area contributed by atoms with Gasteiger partial charge in [0.15, 0.2) is 6.29 Å². The van der Waals surface area contributed by atoms with E-state index in [2.05, 4.69) is 14.4 Å². The molecule has 0 spiro atoms. The molecule has 0 aromatic carbocycles. The van der Waals surface area contributed by atoms with Crippen LogP contribution in [0.2, 0.25) is 0 Å². The number of aliphatic hydroxyl groups excluding tert-OH is 4. The Labute approximate surface area is 306 Å². The molecule has 0 saturated heterocycles. The quantitative estimate of drug-likeness (QED) is 0.158. The van der Waals surface area contributed by atoms with Crippen molar-refractivity contribution in [3.63, 3.8) is 0 Å². The molecular weight excluding hydrogens is 709 g/mol. The Morgan fingerprint density at radius 1 is 0.792 bits per heavy atom. The van der Waals surface area contributed by atoms with E-state index in [1.54, 1.807) is 46.3 Å². The number of rotatable bonds is 3. The number of aldehydes is 1. The van der Waals surface area contributed by atoms with Crippen LogP contribution in [-0.2, 0) is 49.9 Å². The van der Waals surface area contributed by atoms with Gasteiger partial charge >= 0.3 is 6.18 Å². The minimum Gasteiger partial charge on any atom is -0.397 e. The fourth-order valence-corrected chi connectivity index (χ4v) is 2.16. The van der Waals surface area contributed by atoms with Gasteiger partial charge in [0.1, 0.15) is 11.0 Å².